The second kappa shape index (κ2) is 6.85. The highest BCUT2D eigenvalue weighted by atomic mass is 16.1. The van der Waals surface area contributed by atoms with Crippen molar-refractivity contribution in [1.82, 2.24) is 15.6 Å². The number of nitrogens with one attached hydrogen (secondary N) is 2. The van der Waals surface area contributed by atoms with E-state index >= 15 is 0 Å². The zero-order chi connectivity index (χ0) is 13.5. The summed E-state index contributed by atoms with van der Waals surface area (Å²) in [6.07, 6.45) is 2.32. The summed E-state index contributed by atoms with van der Waals surface area (Å²) in [4.78, 5) is 15.6. The monoisotopic (exact) mass is 257 g/mol. The van der Waals surface area contributed by atoms with E-state index < -0.39 is 0 Å². The van der Waals surface area contributed by atoms with E-state index in [1.54, 1.807) is 6.20 Å². The lowest BCUT2D eigenvalue weighted by atomic mass is 10.1. The van der Waals surface area contributed by atoms with Crippen molar-refractivity contribution in [3.63, 3.8) is 0 Å². The first-order chi connectivity index (χ1) is 9.29. The lowest BCUT2D eigenvalue weighted by molar-refractivity contribution is -0.120. The van der Waals surface area contributed by atoms with Gasteiger partial charge >= 0.3 is 0 Å². The molecule has 1 amide bonds. The summed E-state index contributed by atoms with van der Waals surface area (Å²) in [5, 5.41) is 7.20. The van der Waals surface area contributed by atoms with Gasteiger partial charge in [0.25, 0.3) is 0 Å². The molecule has 0 bridgehead atoms. The summed E-state index contributed by atoms with van der Waals surface area (Å²) in [5.74, 6) is 0.0951. The highest BCUT2D eigenvalue weighted by Crippen LogP contribution is 2.12. The van der Waals surface area contributed by atoms with Crippen LogP contribution in [0, 0.1) is 0 Å². The summed E-state index contributed by atoms with van der Waals surface area (Å²) in [6, 6.07) is 10.2. The largest absolute Gasteiger partial charge is 0.356 e. The van der Waals surface area contributed by atoms with Crippen molar-refractivity contribution in [2.24, 2.45) is 0 Å². The van der Waals surface area contributed by atoms with Gasteiger partial charge in [0.2, 0.25) is 5.91 Å². The maximum Gasteiger partial charge on any atom is 0.221 e. The van der Waals surface area contributed by atoms with E-state index in [4.69, 9.17) is 0 Å². The van der Waals surface area contributed by atoms with Crippen molar-refractivity contribution in [2.45, 2.75) is 19.9 Å². The van der Waals surface area contributed by atoms with E-state index in [0.717, 1.165) is 17.4 Å². The topological polar surface area (TPSA) is 54.0 Å². The van der Waals surface area contributed by atoms with Crippen LogP contribution < -0.4 is 10.6 Å². The zero-order valence-corrected chi connectivity index (χ0v) is 11.1. The minimum absolute atomic E-state index is 0.0951. The summed E-state index contributed by atoms with van der Waals surface area (Å²) >= 11 is 0. The predicted octanol–water partition coefficient (Wildman–Crippen LogP) is 1.85. The number of hydrogen-bond acceptors (Lipinski definition) is 3. The lowest BCUT2D eigenvalue weighted by Crippen LogP contribution is -2.27. The fraction of sp³-hybridized carbons (Fsp3) is 0.333. The number of carbonyl (C=O) groups excluding carboxylic acids is 1. The van der Waals surface area contributed by atoms with Crippen LogP contribution in [0.3, 0.4) is 0 Å². The lowest BCUT2D eigenvalue weighted by Gasteiger charge is -2.06. The van der Waals surface area contributed by atoms with Gasteiger partial charge in [-0.1, -0.05) is 12.1 Å². The average Bonchev–Trinajstić information content (AvgIpc) is 2.44. The van der Waals surface area contributed by atoms with Crippen LogP contribution in [0.5, 0.6) is 0 Å². The number of fused-ring (bicyclic) bond motifs is 1. The van der Waals surface area contributed by atoms with Crippen molar-refractivity contribution < 1.29 is 4.79 Å². The maximum absolute atomic E-state index is 11.3. The van der Waals surface area contributed by atoms with E-state index in [-0.39, 0.29) is 5.91 Å². The van der Waals surface area contributed by atoms with Gasteiger partial charge in [-0.3, -0.25) is 9.78 Å². The molecular weight excluding hydrogens is 238 g/mol. The van der Waals surface area contributed by atoms with Gasteiger partial charge in [-0.05, 0) is 30.7 Å². The number of carbonyl (C=O) groups is 1. The standard InChI is InChI=1S/C15H19N3O/c1-2-17-15(19)7-9-16-11-12-5-6-14-13(10-12)4-3-8-18-14/h3-6,8,10,16H,2,7,9,11H2,1H3,(H,17,19). The minimum atomic E-state index is 0.0951. The molecule has 4 heteroatoms. The smallest absolute Gasteiger partial charge is 0.221 e. The third kappa shape index (κ3) is 4.03. The van der Waals surface area contributed by atoms with E-state index in [1.165, 1.54) is 5.56 Å². The molecule has 100 valence electrons. The summed E-state index contributed by atoms with van der Waals surface area (Å²) < 4.78 is 0. The molecule has 2 rings (SSSR count). The molecular formula is C15H19N3O. The molecule has 1 heterocycles. The van der Waals surface area contributed by atoms with Gasteiger partial charge in [0, 0.05) is 37.6 Å². The number of amides is 1. The Morgan fingerprint density at radius 2 is 2.21 bits per heavy atom. The van der Waals surface area contributed by atoms with E-state index in [0.29, 0.717) is 19.5 Å². The fourth-order valence-corrected chi connectivity index (χ4v) is 1.96. The molecule has 0 saturated heterocycles. The molecule has 2 aromatic rings. The van der Waals surface area contributed by atoms with Crippen molar-refractivity contribution in [2.75, 3.05) is 13.1 Å². The van der Waals surface area contributed by atoms with Crippen molar-refractivity contribution in [3.05, 3.63) is 42.1 Å². The van der Waals surface area contributed by atoms with Gasteiger partial charge in [0.1, 0.15) is 0 Å². The Kier molecular flexibility index (Phi) is 4.86. The first-order valence-corrected chi connectivity index (χ1v) is 6.60. The highest BCUT2D eigenvalue weighted by molar-refractivity contribution is 5.78. The SMILES string of the molecule is CCNC(=O)CCNCc1ccc2ncccc2c1. The van der Waals surface area contributed by atoms with Gasteiger partial charge < -0.3 is 10.6 Å². The van der Waals surface area contributed by atoms with Crippen LogP contribution >= 0.6 is 0 Å². The van der Waals surface area contributed by atoms with Crippen molar-refractivity contribution >= 4 is 16.8 Å². The number of nitrogens with zero attached hydrogens (tertiary/aromatic N) is 1. The molecule has 2 N–H and O–H groups in total. The molecule has 0 saturated carbocycles. The third-order valence-electron chi connectivity index (χ3n) is 2.90. The predicted molar refractivity (Wildman–Crippen MR) is 76.8 cm³/mol. The molecule has 0 aliphatic carbocycles. The highest BCUT2D eigenvalue weighted by Gasteiger charge is 1.99. The molecule has 0 atom stereocenters. The summed E-state index contributed by atoms with van der Waals surface area (Å²) in [5.41, 5.74) is 2.21. The number of hydrogen-bond donors (Lipinski definition) is 2. The van der Waals surface area contributed by atoms with E-state index in [1.807, 2.05) is 19.1 Å². The second-order valence-electron chi connectivity index (χ2n) is 4.41. The quantitative estimate of drug-likeness (QED) is 0.777. The van der Waals surface area contributed by atoms with Crippen LogP contribution in [-0.4, -0.2) is 24.0 Å². The molecule has 4 nitrogen and oxygen atoms in total. The maximum atomic E-state index is 11.3. The number of pyridine rings is 1. The van der Waals surface area contributed by atoms with Crippen LogP contribution in [0.4, 0.5) is 0 Å². The zero-order valence-electron chi connectivity index (χ0n) is 11.1. The van der Waals surface area contributed by atoms with Crippen LogP contribution in [0.2, 0.25) is 0 Å². The van der Waals surface area contributed by atoms with Crippen LogP contribution in [0.1, 0.15) is 18.9 Å². The molecule has 0 aliphatic rings. The van der Waals surface area contributed by atoms with Gasteiger partial charge in [-0.15, -0.1) is 0 Å². The van der Waals surface area contributed by atoms with Gasteiger partial charge in [-0.2, -0.15) is 0 Å². The number of aromatic nitrogens is 1. The number of benzene rings is 1. The Bertz CT molecular complexity index is 554. The molecule has 0 radical (unpaired) electrons. The fourth-order valence-electron chi connectivity index (χ4n) is 1.96. The van der Waals surface area contributed by atoms with Crippen molar-refractivity contribution in [1.29, 1.82) is 0 Å². The summed E-state index contributed by atoms with van der Waals surface area (Å²) in [7, 11) is 0. The molecule has 0 aliphatic heterocycles. The third-order valence-corrected chi connectivity index (χ3v) is 2.90. The first-order valence-electron chi connectivity index (χ1n) is 6.60. The molecule has 1 aromatic carbocycles. The molecule has 0 unspecified atom stereocenters. The molecule has 0 fully saturated rings. The van der Waals surface area contributed by atoms with E-state index in [9.17, 15) is 4.79 Å². The molecule has 0 spiro atoms. The summed E-state index contributed by atoms with van der Waals surface area (Å²) in [6.45, 7) is 4.08. The van der Waals surface area contributed by atoms with Gasteiger partial charge in [0.05, 0.1) is 5.52 Å². The van der Waals surface area contributed by atoms with Crippen LogP contribution in [0.25, 0.3) is 10.9 Å². The van der Waals surface area contributed by atoms with Gasteiger partial charge in [0.15, 0.2) is 0 Å². The minimum Gasteiger partial charge on any atom is -0.356 e. The molecule has 19 heavy (non-hydrogen) atoms. The normalized spacial score (nSPS) is 10.6. The Morgan fingerprint density at radius 3 is 3.05 bits per heavy atom. The Hall–Kier alpha value is -1.94. The Balaban J connectivity index is 1.83. The van der Waals surface area contributed by atoms with Gasteiger partial charge in [-0.25, -0.2) is 0 Å². The Morgan fingerprint density at radius 1 is 1.32 bits per heavy atom. The average molecular weight is 257 g/mol. The Labute approximate surface area is 113 Å². The van der Waals surface area contributed by atoms with Crippen LogP contribution in [0.15, 0.2) is 36.5 Å². The van der Waals surface area contributed by atoms with Crippen molar-refractivity contribution in [3.8, 4) is 0 Å². The number of rotatable bonds is 6. The van der Waals surface area contributed by atoms with Crippen LogP contribution in [-0.2, 0) is 11.3 Å². The van der Waals surface area contributed by atoms with E-state index in [2.05, 4.69) is 33.8 Å². The molecule has 1 aromatic heterocycles. The first kappa shape index (κ1) is 13.5. The second-order valence-corrected chi connectivity index (χ2v) is 4.41.